The maximum absolute atomic E-state index is 6.69. The monoisotopic (exact) mass is 1110 g/mol. The Morgan fingerprint density at radius 2 is 0.537 bits per heavy atom. The number of hydrogen-bond acceptors (Lipinski definition) is 11. The number of nitrogens with zero attached hydrogens (tertiary/aromatic N) is 3. The second-order valence-electron chi connectivity index (χ2n) is 22.2. The molecule has 0 aliphatic rings. The van der Waals surface area contributed by atoms with Gasteiger partial charge in [0.15, 0.2) is 28.8 Å². The average molecular weight is 1110 g/mol. The fourth-order valence-corrected chi connectivity index (χ4v) is 9.84. The lowest BCUT2D eigenvalue weighted by atomic mass is 10.1. The zero-order valence-electron chi connectivity index (χ0n) is 51.7. The second kappa shape index (κ2) is 45.7. The van der Waals surface area contributed by atoms with Gasteiger partial charge in [0.1, 0.15) is 0 Å². The molecule has 0 radical (unpaired) electrons. The molecule has 0 atom stereocenters. The summed E-state index contributed by atoms with van der Waals surface area (Å²) < 4.78 is 40.1. The van der Waals surface area contributed by atoms with Gasteiger partial charge in [-0.2, -0.15) is 15.0 Å². The highest BCUT2D eigenvalue weighted by molar-refractivity contribution is 5.70. The van der Waals surface area contributed by atoms with E-state index in [9.17, 15) is 0 Å². The molecule has 0 amide bonds. The van der Waals surface area contributed by atoms with Crippen LogP contribution < -0.4 is 39.1 Å². The van der Waals surface area contributed by atoms with Crippen LogP contribution in [0.2, 0.25) is 0 Å². The molecule has 0 fully saturated rings. The Bertz CT molecular complexity index is 1920. The minimum absolute atomic E-state index is 0.379. The molecule has 2 N–H and O–H groups in total. The van der Waals surface area contributed by atoms with E-state index in [0.29, 0.717) is 91.9 Å². The number of hydrogen-bond donors (Lipinski definition) is 2. The summed E-state index contributed by atoms with van der Waals surface area (Å²) in [5.74, 6) is 5.31. The van der Waals surface area contributed by atoms with Gasteiger partial charge in [0.05, 0.1) is 39.6 Å². The molecule has 1 aromatic heterocycles. The first-order valence-corrected chi connectivity index (χ1v) is 33.0. The number of benzene rings is 3. The Kier molecular flexibility index (Phi) is 38.6. The zero-order valence-corrected chi connectivity index (χ0v) is 51.7. The van der Waals surface area contributed by atoms with E-state index in [1.54, 1.807) is 0 Å². The molecule has 4 aromatic rings. The number of aromatic nitrogens is 3. The van der Waals surface area contributed by atoms with E-state index in [0.717, 1.165) is 94.0 Å². The largest absolute Gasteiger partial charge is 0.489 e. The number of ether oxygens (including phenoxy) is 6. The van der Waals surface area contributed by atoms with Crippen LogP contribution in [0.4, 0.5) is 23.3 Å². The van der Waals surface area contributed by atoms with Crippen molar-refractivity contribution in [3.63, 3.8) is 0 Å². The van der Waals surface area contributed by atoms with Gasteiger partial charge in [0.25, 0.3) is 0 Å². The van der Waals surface area contributed by atoms with E-state index in [1.165, 1.54) is 154 Å². The van der Waals surface area contributed by atoms with Crippen molar-refractivity contribution in [3.8, 4) is 45.9 Å². The number of anilines is 4. The predicted octanol–water partition coefficient (Wildman–Crippen LogP) is 21.5. The number of unbranched alkanes of at least 4 members (excludes halogenated alkanes) is 30. The molecule has 11 nitrogen and oxygen atoms in total. The molecule has 0 aliphatic heterocycles. The van der Waals surface area contributed by atoms with E-state index in [4.69, 9.17) is 43.4 Å². The van der Waals surface area contributed by atoms with Crippen LogP contribution in [0.25, 0.3) is 11.4 Å². The molecule has 80 heavy (non-hydrogen) atoms. The third kappa shape index (κ3) is 29.7. The predicted molar refractivity (Wildman–Crippen MR) is 338 cm³/mol. The van der Waals surface area contributed by atoms with E-state index in [1.807, 2.05) is 54.6 Å². The van der Waals surface area contributed by atoms with Crippen molar-refractivity contribution in [2.75, 3.05) is 50.3 Å². The average Bonchev–Trinajstić information content (AvgIpc) is 3.47. The van der Waals surface area contributed by atoms with Gasteiger partial charge in [0, 0.05) is 41.2 Å². The molecule has 0 saturated heterocycles. The van der Waals surface area contributed by atoms with Crippen molar-refractivity contribution >= 4 is 23.3 Å². The smallest absolute Gasteiger partial charge is 0.232 e. The first-order chi connectivity index (χ1) is 39.5. The lowest BCUT2D eigenvalue weighted by Crippen LogP contribution is -2.09. The maximum Gasteiger partial charge on any atom is 0.232 e. The summed E-state index contributed by atoms with van der Waals surface area (Å²) in [5, 5.41) is 7.18. The van der Waals surface area contributed by atoms with Crippen LogP contribution in [-0.4, -0.2) is 54.6 Å². The van der Waals surface area contributed by atoms with Gasteiger partial charge in [0.2, 0.25) is 23.4 Å². The van der Waals surface area contributed by atoms with Crippen LogP contribution in [0, 0.1) is 0 Å². The van der Waals surface area contributed by atoms with Gasteiger partial charge in [-0.25, -0.2) is 0 Å². The van der Waals surface area contributed by atoms with Crippen LogP contribution >= 0.6 is 0 Å². The molecule has 0 unspecified atom stereocenters. The Hall–Kier alpha value is -4.93. The molecule has 3 aromatic carbocycles. The van der Waals surface area contributed by atoms with Crippen molar-refractivity contribution in [2.45, 2.75) is 273 Å². The van der Waals surface area contributed by atoms with Crippen LogP contribution in [0.3, 0.4) is 0 Å². The summed E-state index contributed by atoms with van der Waals surface area (Å²) in [5.41, 5.74) is 2.35. The molecule has 4 rings (SSSR count). The van der Waals surface area contributed by atoms with Gasteiger partial charge in [-0.1, -0.05) is 264 Å². The molecule has 0 saturated carbocycles. The molecule has 0 aliphatic carbocycles. The third-order valence-electron chi connectivity index (χ3n) is 14.7. The Labute approximate surface area is 488 Å². The van der Waals surface area contributed by atoms with E-state index >= 15 is 0 Å². The number of rotatable bonds is 53. The van der Waals surface area contributed by atoms with Gasteiger partial charge >= 0.3 is 0 Å². The van der Waals surface area contributed by atoms with Crippen molar-refractivity contribution in [1.29, 1.82) is 0 Å². The standard InChI is InChI=1S/C69H113N5O6/c1-7-13-19-25-31-40-48-75-61-54-59(55-62(76-49-41-32-26-20-14-8-2)65(61)79-52-44-35-29-23-17-11-5)70-68-72-67(58-46-38-37-39-47-58)73-69(74-68)71-60-56-63(77-50-42-33-27-21-15-9-3)66(80-53-45-36-30-24-18-12-6)64(57-60)78-51-43-34-28-22-16-10-4/h37-39,46-47,54-57H,7-36,40-45,48-53H2,1-6H3,(H2,70,71,72,73,74). The van der Waals surface area contributed by atoms with Gasteiger partial charge in [-0.05, 0) is 38.5 Å². The van der Waals surface area contributed by atoms with E-state index in [2.05, 4.69) is 52.2 Å². The summed E-state index contributed by atoms with van der Waals surface area (Å²) in [6.07, 6.45) is 42.5. The van der Waals surface area contributed by atoms with E-state index in [-0.39, 0.29) is 0 Å². The fraction of sp³-hybridized carbons (Fsp3) is 0.696. The first-order valence-electron chi connectivity index (χ1n) is 33.0. The van der Waals surface area contributed by atoms with Crippen LogP contribution in [-0.2, 0) is 0 Å². The van der Waals surface area contributed by atoms with Crippen LogP contribution in [0.1, 0.15) is 273 Å². The second-order valence-corrected chi connectivity index (χ2v) is 22.2. The van der Waals surface area contributed by atoms with E-state index < -0.39 is 0 Å². The lowest BCUT2D eigenvalue weighted by molar-refractivity contribution is 0.234. The summed E-state index contributed by atoms with van der Waals surface area (Å²) >= 11 is 0. The van der Waals surface area contributed by atoms with Gasteiger partial charge < -0.3 is 39.1 Å². The van der Waals surface area contributed by atoms with Crippen molar-refractivity contribution in [1.82, 2.24) is 15.0 Å². The first kappa shape index (κ1) is 67.6. The Morgan fingerprint density at radius 3 is 0.812 bits per heavy atom. The van der Waals surface area contributed by atoms with Crippen molar-refractivity contribution in [3.05, 3.63) is 54.6 Å². The summed E-state index contributed by atoms with van der Waals surface area (Å²) in [4.78, 5) is 15.2. The Morgan fingerprint density at radius 1 is 0.287 bits per heavy atom. The highest BCUT2D eigenvalue weighted by atomic mass is 16.5. The molecule has 11 heteroatoms. The van der Waals surface area contributed by atoms with Gasteiger partial charge in [-0.3, -0.25) is 0 Å². The molecule has 1 heterocycles. The van der Waals surface area contributed by atoms with Gasteiger partial charge in [-0.15, -0.1) is 0 Å². The number of nitrogens with one attached hydrogen (secondary N) is 2. The minimum atomic E-state index is 0.379. The summed E-state index contributed by atoms with van der Waals surface area (Å²) in [6.45, 7) is 17.2. The molecule has 0 bridgehead atoms. The quantitative estimate of drug-likeness (QED) is 0.0412. The topological polar surface area (TPSA) is 118 Å². The summed E-state index contributed by atoms with van der Waals surface area (Å²) in [6, 6.07) is 18.2. The van der Waals surface area contributed by atoms with Crippen LogP contribution in [0.15, 0.2) is 54.6 Å². The normalized spacial score (nSPS) is 11.2. The lowest BCUT2D eigenvalue weighted by Gasteiger charge is -2.20. The fourth-order valence-electron chi connectivity index (χ4n) is 9.84. The third-order valence-corrected chi connectivity index (χ3v) is 14.7. The Balaban J connectivity index is 1.74. The molecular weight excluding hydrogens is 995 g/mol. The molecule has 450 valence electrons. The van der Waals surface area contributed by atoms with Crippen molar-refractivity contribution < 1.29 is 28.4 Å². The highest BCUT2D eigenvalue weighted by Gasteiger charge is 2.21. The highest BCUT2D eigenvalue weighted by Crippen LogP contribution is 2.44. The summed E-state index contributed by atoms with van der Waals surface area (Å²) in [7, 11) is 0. The zero-order chi connectivity index (χ0) is 56.8. The van der Waals surface area contributed by atoms with Crippen LogP contribution in [0.5, 0.6) is 34.5 Å². The maximum atomic E-state index is 6.69. The molecule has 0 spiro atoms. The molecular formula is C69H113N5O6. The minimum Gasteiger partial charge on any atom is -0.489 e. The van der Waals surface area contributed by atoms with Crippen molar-refractivity contribution in [2.24, 2.45) is 0 Å². The SMILES string of the molecule is CCCCCCCCOc1cc(Nc2nc(Nc3cc(OCCCCCCCC)c(OCCCCCCCC)c(OCCCCCCCC)c3)nc(-c3ccccc3)n2)cc(OCCCCCCCC)c1OCCCCCCCC.